The van der Waals surface area contributed by atoms with Crippen LogP contribution in [0.2, 0.25) is 0 Å². The lowest BCUT2D eigenvalue weighted by Crippen LogP contribution is -2.26. The van der Waals surface area contributed by atoms with E-state index < -0.39 is 10.0 Å². The minimum Gasteiger partial charge on any atom is -0.383 e. The molecular weight excluding hydrogens is 318 g/mol. The number of aromatic nitrogens is 1. The summed E-state index contributed by atoms with van der Waals surface area (Å²) in [7, 11) is -3.58. The van der Waals surface area contributed by atoms with E-state index >= 15 is 0 Å². The molecule has 1 heterocycles. The van der Waals surface area contributed by atoms with Crippen molar-refractivity contribution in [3.05, 3.63) is 16.7 Å². The minimum absolute atomic E-state index is 0.00885. The number of pyridine rings is 1. The van der Waals surface area contributed by atoms with Gasteiger partial charge in [-0.2, -0.15) is 0 Å². The van der Waals surface area contributed by atoms with Gasteiger partial charge in [0.15, 0.2) is 0 Å². The van der Waals surface area contributed by atoms with Crippen molar-refractivity contribution in [3.8, 4) is 0 Å². The molecule has 0 spiro atoms. The number of halogens is 1. The molecule has 1 aromatic heterocycles. The third-order valence-electron chi connectivity index (χ3n) is 2.39. The van der Waals surface area contributed by atoms with E-state index in [1.807, 2.05) is 0 Å². The molecule has 0 aliphatic rings. The number of hydrogen-bond acceptors (Lipinski definition) is 4. The van der Waals surface area contributed by atoms with Gasteiger partial charge >= 0.3 is 0 Å². The fourth-order valence-electron chi connectivity index (χ4n) is 1.44. The molecule has 0 unspecified atom stereocenters. The predicted octanol–water partition coefficient (Wildman–Crippen LogP) is 2.14. The van der Waals surface area contributed by atoms with Gasteiger partial charge in [-0.25, -0.2) is 18.1 Å². The van der Waals surface area contributed by atoms with E-state index in [1.165, 1.54) is 12.3 Å². The van der Waals surface area contributed by atoms with Crippen molar-refractivity contribution >= 4 is 31.8 Å². The highest BCUT2D eigenvalue weighted by atomic mass is 79.9. The number of nitrogens with one attached hydrogen (secondary N) is 1. The van der Waals surface area contributed by atoms with Crippen molar-refractivity contribution in [1.29, 1.82) is 0 Å². The first kappa shape index (κ1) is 15.4. The van der Waals surface area contributed by atoms with Gasteiger partial charge in [-0.3, -0.25) is 0 Å². The van der Waals surface area contributed by atoms with Gasteiger partial charge in [0.05, 0.1) is 0 Å². The van der Waals surface area contributed by atoms with Gasteiger partial charge in [-0.15, -0.1) is 0 Å². The molecule has 0 aliphatic carbocycles. The Morgan fingerprint density at radius 3 is 2.78 bits per heavy atom. The summed E-state index contributed by atoms with van der Waals surface area (Å²) < 4.78 is 27.1. The Balaban J connectivity index is 2.71. The van der Waals surface area contributed by atoms with Gasteiger partial charge < -0.3 is 5.73 Å². The fraction of sp³-hybridized carbons (Fsp3) is 0.545. The molecule has 0 radical (unpaired) electrons. The first-order valence-electron chi connectivity index (χ1n) is 5.73. The van der Waals surface area contributed by atoms with E-state index in [4.69, 9.17) is 5.73 Å². The van der Waals surface area contributed by atoms with Crippen molar-refractivity contribution in [2.45, 2.75) is 31.6 Å². The number of anilines is 1. The highest BCUT2D eigenvalue weighted by Gasteiger charge is 2.18. The van der Waals surface area contributed by atoms with Crippen molar-refractivity contribution in [3.63, 3.8) is 0 Å². The molecule has 18 heavy (non-hydrogen) atoms. The molecule has 0 saturated heterocycles. The predicted molar refractivity (Wildman–Crippen MR) is 75.6 cm³/mol. The monoisotopic (exact) mass is 335 g/mol. The molecule has 5 nitrogen and oxygen atoms in total. The number of hydrogen-bond donors (Lipinski definition) is 2. The molecule has 0 atom stereocenters. The second kappa shape index (κ2) is 6.49. The summed E-state index contributed by atoms with van der Waals surface area (Å²) in [5.41, 5.74) is 5.58. The highest BCUT2D eigenvalue weighted by Crippen LogP contribution is 2.20. The zero-order valence-corrected chi connectivity index (χ0v) is 12.9. The maximum absolute atomic E-state index is 12.0. The molecule has 102 valence electrons. The Hall–Kier alpha value is -0.660. The summed E-state index contributed by atoms with van der Waals surface area (Å²) in [6.07, 6.45) is 3.25. The average Bonchev–Trinajstić information content (AvgIpc) is 2.27. The molecule has 0 amide bonds. The fourth-order valence-corrected chi connectivity index (χ4v) is 3.10. The average molecular weight is 336 g/mol. The van der Waals surface area contributed by atoms with Crippen molar-refractivity contribution < 1.29 is 8.42 Å². The van der Waals surface area contributed by atoms with Gasteiger partial charge in [-0.1, -0.05) is 13.8 Å². The second-order valence-corrected chi connectivity index (χ2v) is 7.12. The molecular formula is C11H18BrN3O2S. The second-order valence-electron chi connectivity index (χ2n) is 4.47. The number of nitrogens with two attached hydrogens (primary N) is 1. The number of nitrogen functional groups attached to an aromatic ring is 1. The molecule has 0 aromatic carbocycles. The van der Waals surface area contributed by atoms with Crippen LogP contribution in [0.4, 0.5) is 5.82 Å². The maximum Gasteiger partial charge on any atom is 0.244 e. The van der Waals surface area contributed by atoms with Gasteiger partial charge in [0.1, 0.15) is 10.7 Å². The van der Waals surface area contributed by atoms with Crippen LogP contribution < -0.4 is 10.5 Å². The molecule has 1 rings (SSSR count). The normalized spacial score (nSPS) is 12.0. The summed E-state index contributed by atoms with van der Waals surface area (Å²) in [6, 6.07) is 1.45. The molecule has 1 aromatic rings. The molecule has 0 fully saturated rings. The van der Waals surface area contributed by atoms with Crippen LogP contribution in [0.25, 0.3) is 0 Å². The van der Waals surface area contributed by atoms with E-state index in [0.717, 1.165) is 12.8 Å². The van der Waals surface area contributed by atoms with Crippen LogP contribution in [0, 0.1) is 5.92 Å². The molecule has 0 saturated carbocycles. The third-order valence-corrected chi connectivity index (χ3v) is 4.31. The third kappa shape index (κ3) is 4.55. The van der Waals surface area contributed by atoms with Gasteiger partial charge in [0.2, 0.25) is 10.0 Å². The summed E-state index contributed by atoms with van der Waals surface area (Å²) in [6.45, 7) is 4.61. The summed E-state index contributed by atoms with van der Waals surface area (Å²) in [5.74, 6) is 0.571. The zero-order chi connectivity index (χ0) is 13.8. The van der Waals surface area contributed by atoms with Crippen LogP contribution >= 0.6 is 15.9 Å². The standard InChI is InChI=1S/C11H18BrN3O2S/c1-8(2)4-3-5-15-18(16,17)10-6-9(12)7-14-11(10)13/h6-8,15H,3-5H2,1-2H3,(H2,13,14). The minimum atomic E-state index is -3.58. The Kier molecular flexibility index (Phi) is 5.55. The lowest BCUT2D eigenvalue weighted by atomic mass is 10.1. The quantitative estimate of drug-likeness (QED) is 0.780. The first-order chi connectivity index (χ1) is 8.33. The summed E-state index contributed by atoms with van der Waals surface area (Å²) >= 11 is 3.18. The molecule has 7 heteroatoms. The van der Waals surface area contributed by atoms with E-state index in [-0.39, 0.29) is 10.7 Å². The number of rotatable bonds is 6. The van der Waals surface area contributed by atoms with Crippen LogP contribution in [0.3, 0.4) is 0 Å². The Morgan fingerprint density at radius 1 is 1.50 bits per heavy atom. The SMILES string of the molecule is CC(C)CCCNS(=O)(=O)c1cc(Br)cnc1N. The van der Waals surface area contributed by atoms with Gasteiger partial charge in [0.25, 0.3) is 0 Å². The molecule has 3 N–H and O–H groups in total. The van der Waals surface area contributed by atoms with Crippen LogP contribution in [-0.2, 0) is 10.0 Å². The van der Waals surface area contributed by atoms with E-state index in [1.54, 1.807) is 0 Å². The molecule has 0 bridgehead atoms. The van der Waals surface area contributed by atoms with Crippen molar-refractivity contribution in [2.24, 2.45) is 5.92 Å². The highest BCUT2D eigenvalue weighted by molar-refractivity contribution is 9.10. The summed E-state index contributed by atoms with van der Waals surface area (Å²) in [4.78, 5) is 3.83. The topological polar surface area (TPSA) is 85.1 Å². The number of nitrogens with zero attached hydrogens (tertiary/aromatic N) is 1. The van der Waals surface area contributed by atoms with Crippen LogP contribution in [0.15, 0.2) is 21.6 Å². The van der Waals surface area contributed by atoms with Crippen molar-refractivity contribution in [2.75, 3.05) is 12.3 Å². The van der Waals surface area contributed by atoms with E-state index in [2.05, 4.69) is 39.5 Å². The Bertz CT molecular complexity index is 503. The largest absolute Gasteiger partial charge is 0.383 e. The van der Waals surface area contributed by atoms with Gasteiger partial charge in [0, 0.05) is 17.2 Å². The lowest BCUT2D eigenvalue weighted by molar-refractivity contribution is 0.540. The van der Waals surface area contributed by atoms with E-state index in [0.29, 0.717) is 16.9 Å². The lowest BCUT2D eigenvalue weighted by Gasteiger charge is -2.09. The molecule has 0 aliphatic heterocycles. The Morgan fingerprint density at radius 2 is 2.17 bits per heavy atom. The first-order valence-corrected chi connectivity index (χ1v) is 8.01. The van der Waals surface area contributed by atoms with Crippen molar-refractivity contribution in [1.82, 2.24) is 9.71 Å². The smallest absolute Gasteiger partial charge is 0.244 e. The summed E-state index contributed by atoms with van der Waals surface area (Å²) in [5, 5.41) is 0. The van der Waals surface area contributed by atoms with E-state index in [9.17, 15) is 8.42 Å². The van der Waals surface area contributed by atoms with Crippen LogP contribution in [0.5, 0.6) is 0 Å². The van der Waals surface area contributed by atoms with Crippen LogP contribution in [-0.4, -0.2) is 19.9 Å². The number of sulfonamides is 1. The zero-order valence-electron chi connectivity index (χ0n) is 10.5. The Labute approximate surface area is 116 Å². The van der Waals surface area contributed by atoms with Crippen LogP contribution in [0.1, 0.15) is 26.7 Å². The maximum atomic E-state index is 12.0. The van der Waals surface area contributed by atoms with Gasteiger partial charge in [-0.05, 0) is 40.8 Å².